The van der Waals surface area contributed by atoms with E-state index in [4.69, 9.17) is 10.00 Å². The van der Waals surface area contributed by atoms with Crippen LogP contribution in [0.5, 0.6) is 6.01 Å². The summed E-state index contributed by atoms with van der Waals surface area (Å²) in [5.41, 5.74) is -0.0251. The van der Waals surface area contributed by atoms with Gasteiger partial charge in [0.15, 0.2) is 0 Å². The van der Waals surface area contributed by atoms with Crippen molar-refractivity contribution in [2.45, 2.75) is 26.4 Å². The Hall–Kier alpha value is -1.63. The molecule has 4 heteroatoms. The van der Waals surface area contributed by atoms with Crippen molar-refractivity contribution in [3.63, 3.8) is 0 Å². The van der Waals surface area contributed by atoms with Gasteiger partial charge in [-0.1, -0.05) is 0 Å². The number of hydrogen-bond acceptors (Lipinski definition) is 4. The quantitative estimate of drug-likeness (QED) is 0.652. The van der Waals surface area contributed by atoms with Crippen molar-refractivity contribution in [1.29, 1.82) is 5.26 Å². The molecule has 0 amide bonds. The van der Waals surface area contributed by atoms with E-state index >= 15 is 0 Å². The molecule has 13 heavy (non-hydrogen) atoms. The molecular weight excluding hydrogens is 166 g/mol. The van der Waals surface area contributed by atoms with Crippen LogP contribution < -0.4 is 4.74 Å². The van der Waals surface area contributed by atoms with Crippen molar-refractivity contribution >= 4 is 0 Å². The summed E-state index contributed by atoms with van der Waals surface area (Å²) in [7, 11) is 0. The minimum atomic E-state index is -0.339. The van der Waals surface area contributed by atoms with Crippen LogP contribution in [0, 0.1) is 11.3 Å². The summed E-state index contributed by atoms with van der Waals surface area (Å²) in [6.45, 7) is 5.69. The molecular formula is C9H11N3O. The fraction of sp³-hybridized carbons (Fsp3) is 0.444. The normalized spacial score (nSPS) is 10.6. The number of aromatic nitrogens is 2. The zero-order valence-electron chi connectivity index (χ0n) is 7.90. The molecule has 0 fully saturated rings. The maximum absolute atomic E-state index is 8.56. The van der Waals surface area contributed by atoms with E-state index in [1.807, 2.05) is 26.8 Å². The van der Waals surface area contributed by atoms with Gasteiger partial charge in [0.05, 0.1) is 0 Å². The number of hydrogen-bond donors (Lipinski definition) is 0. The minimum Gasteiger partial charge on any atom is -0.458 e. The van der Waals surface area contributed by atoms with Gasteiger partial charge in [0, 0.05) is 6.20 Å². The molecule has 68 valence electrons. The second-order valence-electron chi connectivity index (χ2n) is 3.55. The second kappa shape index (κ2) is 3.40. The highest BCUT2D eigenvalue weighted by molar-refractivity contribution is 5.19. The standard InChI is InChI=1S/C9H11N3O/c1-9(2,3)13-8-11-5-4-7(6-10)12-8/h4-5H,1-3H3. The Morgan fingerprint density at radius 1 is 1.46 bits per heavy atom. The highest BCUT2D eigenvalue weighted by Crippen LogP contribution is 2.11. The molecule has 0 aliphatic rings. The van der Waals surface area contributed by atoms with Gasteiger partial charge in [-0.3, -0.25) is 0 Å². The summed E-state index contributed by atoms with van der Waals surface area (Å²) in [6, 6.07) is 3.70. The Morgan fingerprint density at radius 3 is 2.69 bits per heavy atom. The number of rotatable bonds is 1. The van der Waals surface area contributed by atoms with Gasteiger partial charge in [0.2, 0.25) is 0 Å². The summed E-state index contributed by atoms with van der Waals surface area (Å²) < 4.78 is 5.37. The van der Waals surface area contributed by atoms with Gasteiger partial charge in [0.1, 0.15) is 17.4 Å². The molecule has 1 aromatic rings. The monoisotopic (exact) mass is 177 g/mol. The summed E-state index contributed by atoms with van der Waals surface area (Å²) in [5.74, 6) is 0. The SMILES string of the molecule is CC(C)(C)Oc1nccc(C#N)n1. The lowest BCUT2D eigenvalue weighted by Gasteiger charge is -2.18. The van der Waals surface area contributed by atoms with E-state index in [-0.39, 0.29) is 11.6 Å². The van der Waals surface area contributed by atoms with Crippen molar-refractivity contribution < 1.29 is 4.74 Å². The molecule has 1 rings (SSSR count). The molecule has 0 radical (unpaired) electrons. The predicted molar refractivity (Wildman–Crippen MR) is 47.1 cm³/mol. The molecule has 0 aromatic carbocycles. The highest BCUT2D eigenvalue weighted by Gasteiger charge is 2.13. The van der Waals surface area contributed by atoms with E-state index in [0.29, 0.717) is 5.69 Å². The first kappa shape index (κ1) is 9.46. The smallest absolute Gasteiger partial charge is 0.318 e. The van der Waals surface area contributed by atoms with Crippen LogP contribution in [0.1, 0.15) is 26.5 Å². The summed E-state index contributed by atoms with van der Waals surface area (Å²) in [6.07, 6.45) is 1.51. The predicted octanol–water partition coefficient (Wildman–Crippen LogP) is 1.53. The van der Waals surface area contributed by atoms with Crippen LogP contribution >= 0.6 is 0 Å². The minimum absolute atomic E-state index is 0.242. The van der Waals surface area contributed by atoms with Crippen LogP contribution in [0.15, 0.2) is 12.3 Å². The zero-order chi connectivity index (χ0) is 9.90. The van der Waals surface area contributed by atoms with Crippen LogP contribution in [0.2, 0.25) is 0 Å². The van der Waals surface area contributed by atoms with E-state index < -0.39 is 0 Å². The average Bonchev–Trinajstić information content (AvgIpc) is 2.01. The molecule has 0 atom stereocenters. The van der Waals surface area contributed by atoms with Gasteiger partial charge in [-0.25, -0.2) is 4.98 Å². The molecule has 0 spiro atoms. The van der Waals surface area contributed by atoms with E-state index in [0.717, 1.165) is 0 Å². The van der Waals surface area contributed by atoms with Crippen molar-refractivity contribution in [3.8, 4) is 12.1 Å². The maximum Gasteiger partial charge on any atom is 0.318 e. The molecule has 0 N–H and O–H groups in total. The topological polar surface area (TPSA) is 58.8 Å². The van der Waals surface area contributed by atoms with Gasteiger partial charge >= 0.3 is 6.01 Å². The first-order valence-corrected chi connectivity index (χ1v) is 3.93. The van der Waals surface area contributed by atoms with Crippen molar-refractivity contribution in [1.82, 2.24) is 9.97 Å². The van der Waals surface area contributed by atoms with Crippen LogP contribution in [-0.2, 0) is 0 Å². The number of nitriles is 1. The molecule has 1 aromatic heterocycles. The van der Waals surface area contributed by atoms with E-state index in [1.54, 1.807) is 0 Å². The molecule has 0 saturated heterocycles. The van der Waals surface area contributed by atoms with E-state index in [9.17, 15) is 0 Å². The molecule has 0 saturated carbocycles. The summed E-state index contributed by atoms with van der Waals surface area (Å²) in [4.78, 5) is 7.77. The zero-order valence-corrected chi connectivity index (χ0v) is 7.90. The fourth-order valence-corrected chi connectivity index (χ4v) is 0.726. The van der Waals surface area contributed by atoms with E-state index in [1.165, 1.54) is 12.3 Å². The van der Waals surface area contributed by atoms with Gasteiger partial charge in [-0.2, -0.15) is 10.2 Å². The van der Waals surface area contributed by atoms with Gasteiger partial charge in [0.25, 0.3) is 0 Å². The lowest BCUT2D eigenvalue weighted by molar-refractivity contribution is 0.116. The second-order valence-corrected chi connectivity index (χ2v) is 3.55. The first-order valence-electron chi connectivity index (χ1n) is 3.93. The Labute approximate surface area is 77.2 Å². The molecule has 0 unspecified atom stereocenters. The average molecular weight is 177 g/mol. The van der Waals surface area contributed by atoms with Crippen LogP contribution in [0.3, 0.4) is 0 Å². The largest absolute Gasteiger partial charge is 0.458 e. The van der Waals surface area contributed by atoms with Crippen LogP contribution in [0.4, 0.5) is 0 Å². The van der Waals surface area contributed by atoms with Crippen molar-refractivity contribution in [3.05, 3.63) is 18.0 Å². The molecule has 0 aliphatic carbocycles. The summed E-state index contributed by atoms with van der Waals surface area (Å²) in [5, 5.41) is 8.56. The summed E-state index contributed by atoms with van der Waals surface area (Å²) >= 11 is 0. The van der Waals surface area contributed by atoms with Gasteiger partial charge in [-0.15, -0.1) is 0 Å². The Kier molecular flexibility index (Phi) is 2.47. The molecule has 1 heterocycles. The third kappa shape index (κ3) is 3.08. The van der Waals surface area contributed by atoms with E-state index in [2.05, 4.69) is 9.97 Å². The van der Waals surface area contributed by atoms with Crippen molar-refractivity contribution in [2.24, 2.45) is 0 Å². The third-order valence-electron chi connectivity index (χ3n) is 1.15. The molecule has 0 aliphatic heterocycles. The Balaban J connectivity index is 2.86. The third-order valence-corrected chi connectivity index (χ3v) is 1.15. The van der Waals surface area contributed by atoms with Gasteiger partial charge < -0.3 is 4.74 Å². The fourth-order valence-electron chi connectivity index (χ4n) is 0.726. The highest BCUT2D eigenvalue weighted by atomic mass is 16.5. The van der Waals surface area contributed by atoms with Crippen LogP contribution in [-0.4, -0.2) is 15.6 Å². The number of ether oxygens (including phenoxy) is 1. The van der Waals surface area contributed by atoms with Crippen LogP contribution in [0.25, 0.3) is 0 Å². The van der Waals surface area contributed by atoms with Crippen molar-refractivity contribution in [2.75, 3.05) is 0 Å². The molecule has 0 bridgehead atoms. The lowest BCUT2D eigenvalue weighted by Crippen LogP contribution is -2.24. The first-order chi connectivity index (χ1) is 6.01. The lowest BCUT2D eigenvalue weighted by atomic mass is 10.2. The van der Waals surface area contributed by atoms with Gasteiger partial charge in [-0.05, 0) is 26.8 Å². The maximum atomic E-state index is 8.56. The Morgan fingerprint density at radius 2 is 2.15 bits per heavy atom. The number of nitrogens with zero attached hydrogens (tertiary/aromatic N) is 3. The Bertz CT molecular complexity index is 335. The molecule has 4 nitrogen and oxygen atoms in total.